The number of rotatable bonds is 10. The Hall–Kier alpha value is -2.56. The van der Waals surface area contributed by atoms with E-state index in [4.69, 9.17) is 4.74 Å². The van der Waals surface area contributed by atoms with Gasteiger partial charge in [-0.25, -0.2) is 18.4 Å². The number of thiazole rings is 1. The van der Waals surface area contributed by atoms with Crippen LogP contribution < -0.4 is 10.1 Å². The highest BCUT2D eigenvalue weighted by atomic mass is 32.2. The molecular formula is C23H30N4O4S2. The van der Waals surface area contributed by atoms with Crippen LogP contribution in [0.25, 0.3) is 10.2 Å². The van der Waals surface area contributed by atoms with E-state index in [1.807, 2.05) is 34.6 Å². The largest absolute Gasteiger partial charge is 0.477 e. The van der Waals surface area contributed by atoms with Gasteiger partial charge >= 0.3 is 0 Å². The number of ether oxygens (including phenoxy) is 1. The molecule has 0 bridgehead atoms. The van der Waals surface area contributed by atoms with Crippen molar-refractivity contribution in [3.8, 4) is 5.88 Å². The molecule has 0 aliphatic rings. The van der Waals surface area contributed by atoms with E-state index in [1.165, 1.54) is 11.3 Å². The van der Waals surface area contributed by atoms with Gasteiger partial charge in [-0.1, -0.05) is 39.0 Å². The second-order valence-electron chi connectivity index (χ2n) is 8.50. The zero-order chi connectivity index (χ0) is 24.2. The Labute approximate surface area is 199 Å². The first-order valence-corrected chi connectivity index (χ1v) is 13.2. The molecule has 2 heterocycles. The first-order valence-electron chi connectivity index (χ1n) is 10.9. The Kier molecular flexibility index (Phi) is 8.04. The molecule has 8 nitrogen and oxygen atoms in total. The molecule has 178 valence electrons. The number of aromatic nitrogens is 2. The van der Waals surface area contributed by atoms with Crippen molar-refractivity contribution in [2.75, 3.05) is 25.0 Å². The molecule has 10 heteroatoms. The van der Waals surface area contributed by atoms with Gasteiger partial charge in [-0.05, 0) is 49.1 Å². The van der Waals surface area contributed by atoms with Crippen molar-refractivity contribution < 1.29 is 17.9 Å². The highest BCUT2D eigenvalue weighted by Crippen LogP contribution is 2.30. The van der Waals surface area contributed by atoms with Crippen LogP contribution in [0.5, 0.6) is 5.88 Å². The van der Waals surface area contributed by atoms with Gasteiger partial charge in [0.05, 0.1) is 21.7 Å². The van der Waals surface area contributed by atoms with Crippen LogP contribution in [-0.4, -0.2) is 48.3 Å². The number of hydrogen-bond donors (Lipinski definition) is 1. The molecule has 2 aromatic heterocycles. The molecule has 3 aromatic rings. The van der Waals surface area contributed by atoms with Crippen molar-refractivity contribution in [1.82, 2.24) is 14.3 Å². The van der Waals surface area contributed by atoms with Crippen molar-refractivity contribution in [2.24, 2.45) is 11.8 Å². The number of benzene rings is 1. The third kappa shape index (κ3) is 6.07. The number of anilines is 1. The quantitative estimate of drug-likeness (QED) is 0.444. The van der Waals surface area contributed by atoms with Gasteiger partial charge in [-0.2, -0.15) is 4.31 Å². The van der Waals surface area contributed by atoms with Gasteiger partial charge in [0, 0.05) is 19.3 Å². The monoisotopic (exact) mass is 490 g/mol. The maximum Gasteiger partial charge on any atom is 0.262 e. The van der Waals surface area contributed by atoms with Crippen LogP contribution in [0.15, 0.2) is 41.4 Å². The minimum absolute atomic E-state index is 0.210. The molecule has 0 fully saturated rings. The van der Waals surface area contributed by atoms with Crippen LogP contribution in [0.1, 0.15) is 45.0 Å². The Morgan fingerprint density at radius 3 is 2.48 bits per heavy atom. The number of carbonyl (C=O) groups excluding carboxylic acids is 1. The second kappa shape index (κ2) is 10.6. The number of nitrogens with zero attached hydrogens (tertiary/aromatic N) is 3. The minimum atomic E-state index is -3.65. The van der Waals surface area contributed by atoms with Gasteiger partial charge < -0.3 is 4.74 Å². The molecule has 1 aromatic carbocycles. The molecule has 33 heavy (non-hydrogen) atoms. The van der Waals surface area contributed by atoms with Crippen molar-refractivity contribution in [3.05, 3.63) is 42.1 Å². The normalized spacial score (nSPS) is 12.1. The first kappa shape index (κ1) is 25.1. The summed E-state index contributed by atoms with van der Waals surface area (Å²) in [5, 5.41) is 3.14. The van der Waals surface area contributed by atoms with E-state index < -0.39 is 15.9 Å². The van der Waals surface area contributed by atoms with Gasteiger partial charge in [0.2, 0.25) is 15.9 Å². The summed E-state index contributed by atoms with van der Waals surface area (Å²) in [6.07, 6.45) is 1.56. The fraction of sp³-hybridized carbons (Fsp3) is 0.435. The average molecular weight is 491 g/mol. The summed E-state index contributed by atoms with van der Waals surface area (Å²) in [6, 6.07) is 8.16. The van der Waals surface area contributed by atoms with E-state index in [2.05, 4.69) is 15.3 Å². The first-order chi connectivity index (χ1) is 15.6. The lowest BCUT2D eigenvalue weighted by molar-refractivity contribution is 0.102. The van der Waals surface area contributed by atoms with Crippen LogP contribution >= 0.6 is 11.3 Å². The fourth-order valence-corrected chi connectivity index (χ4v) is 6.10. The third-order valence-corrected chi connectivity index (χ3v) is 7.41. The predicted octanol–water partition coefficient (Wildman–Crippen LogP) is 4.65. The number of carbonyl (C=O) groups is 1. The number of hydrogen-bond acceptors (Lipinski definition) is 7. The summed E-state index contributed by atoms with van der Waals surface area (Å²) < 4.78 is 34.3. The fourth-order valence-electron chi connectivity index (χ4n) is 3.33. The molecule has 0 spiro atoms. The maximum atomic E-state index is 13.3. The molecule has 0 saturated heterocycles. The van der Waals surface area contributed by atoms with Crippen LogP contribution in [0.2, 0.25) is 0 Å². The molecular weight excluding hydrogens is 460 g/mol. The highest BCUT2D eigenvalue weighted by Gasteiger charge is 2.26. The van der Waals surface area contributed by atoms with E-state index in [0.29, 0.717) is 40.6 Å². The van der Waals surface area contributed by atoms with Gasteiger partial charge in [-0.15, -0.1) is 0 Å². The van der Waals surface area contributed by atoms with Gasteiger partial charge in [0.1, 0.15) is 5.56 Å². The summed E-state index contributed by atoms with van der Waals surface area (Å²) in [7, 11) is -3.65. The van der Waals surface area contributed by atoms with Gasteiger partial charge in [0.15, 0.2) is 5.13 Å². The van der Waals surface area contributed by atoms with Crippen molar-refractivity contribution in [2.45, 2.75) is 39.5 Å². The van der Waals surface area contributed by atoms with Gasteiger partial charge in [0.25, 0.3) is 5.91 Å². The number of pyridine rings is 1. The van der Waals surface area contributed by atoms with Crippen molar-refractivity contribution in [3.63, 3.8) is 0 Å². The van der Waals surface area contributed by atoms with Crippen LogP contribution in [0.4, 0.5) is 5.13 Å². The molecule has 0 saturated carbocycles. The molecule has 0 aliphatic carbocycles. The average Bonchev–Trinajstić information content (AvgIpc) is 3.14. The Morgan fingerprint density at radius 1 is 1.15 bits per heavy atom. The van der Waals surface area contributed by atoms with Gasteiger partial charge in [-0.3, -0.25) is 10.1 Å². The van der Waals surface area contributed by atoms with Crippen molar-refractivity contribution >= 4 is 42.6 Å². The standard InChI is InChI=1S/C23H30N4O4S2/c1-6-31-22-18(8-7-11-24-22)21(28)26-23-25-19-10-9-17(12-20(19)32-23)33(29,30)27(13-15(2)3)14-16(4)5/h7-12,15-16H,6,13-14H2,1-5H3,(H,25,26,28). The Bertz CT molecular complexity index is 1210. The van der Waals surface area contributed by atoms with E-state index in [0.717, 1.165) is 0 Å². The summed E-state index contributed by atoms with van der Waals surface area (Å²) >= 11 is 1.22. The van der Waals surface area contributed by atoms with E-state index in [9.17, 15) is 13.2 Å². The third-order valence-electron chi connectivity index (χ3n) is 4.65. The molecule has 3 rings (SSSR count). The van der Waals surface area contributed by atoms with E-state index in [1.54, 1.807) is 40.8 Å². The summed E-state index contributed by atoms with van der Waals surface area (Å²) in [4.78, 5) is 21.5. The molecule has 1 amide bonds. The zero-order valence-corrected chi connectivity index (χ0v) is 21.2. The summed E-state index contributed by atoms with van der Waals surface area (Å²) in [5.41, 5.74) is 0.921. The number of amides is 1. The molecule has 1 N–H and O–H groups in total. The lowest BCUT2D eigenvalue weighted by Crippen LogP contribution is -2.37. The number of nitrogens with one attached hydrogen (secondary N) is 1. The van der Waals surface area contributed by atoms with E-state index >= 15 is 0 Å². The predicted molar refractivity (Wildman–Crippen MR) is 131 cm³/mol. The van der Waals surface area contributed by atoms with Crippen LogP contribution in [0, 0.1) is 11.8 Å². The lowest BCUT2D eigenvalue weighted by Gasteiger charge is -2.25. The second-order valence-corrected chi connectivity index (χ2v) is 11.5. The number of fused-ring (bicyclic) bond motifs is 1. The van der Waals surface area contributed by atoms with Crippen LogP contribution in [-0.2, 0) is 10.0 Å². The molecule has 0 atom stereocenters. The lowest BCUT2D eigenvalue weighted by atomic mass is 10.2. The highest BCUT2D eigenvalue weighted by molar-refractivity contribution is 7.89. The number of sulfonamides is 1. The van der Waals surface area contributed by atoms with Crippen LogP contribution in [0.3, 0.4) is 0 Å². The summed E-state index contributed by atoms with van der Waals surface area (Å²) in [5.74, 6) is 0.281. The SMILES string of the molecule is CCOc1ncccc1C(=O)Nc1nc2ccc(S(=O)(=O)N(CC(C)C)CC(C)C)cc2s1. The molecule has 0 aliphatic heterocycles. The maximum absolute atomic E-state index is 13.3. The topological polar surface area (TPSA) is 101 Å². The van der Waals surface area contributed by atoms with Crippen molar-refractivity contribution in [1.29, 1.82) is 0 Å². The molecule has 0 unspecified atom stereocenters. The smallest absolute Gasteiger partial charge is 0.262 e. The molecule has 0 radical (unpaired) electrons. The minimum Gasteiger partial charge on any atom is -0.477 e. The van der Waals surface area contributed by atoms with E-state index in [-0.39, 0.29) is 22.6 Å². The summed E-state index contributed by atoms with van der Waals surface area (Å²) in [6.45, 7) is 11.1. The zero-order valence-electron chi connectivity index (χ0n) is 19.5. The Morgan fingerprint density at radius 2 is 1.85 bits per heavy atom. The Balaban J connectivity index is 1.88.